The minimum absolute atomic E-state index is 0. The van der Waals surface area contributed by atoms with Crippen molar-refractivity contribution in [3.8, 4) is 0 Å². The molecule has 25 heavy (non-hydrogen) atoms. The van der Waals surface area contributed by atoms with Crippen LogP contribution in [-0.2, 0) is 20.1 Å². The zero-order valence-corrected chi connectivity index (χ0v) is 18.9. The van der Waals surface area contributed by atoms with Crippen LogP contribution in [0.1, 0.15) is 29.6 Å². The van der Waals surface area contributed by atoms with Crippen molar-refractivity contribution in [2.45, 2.75) is 33.9 Å². The summed E-state index contributed by atoms with van der Waals surface area (Å²) in [4.78, 5) is 11.3. The number of anilines is 1. The van der Waals surface area contributed by atoms with Gasteiger partial charge in [0.25, 0.3) is 0 Å². The van der Waals surface area contributed by atoms with E-state index in [0.29, 0.717) is 13.1 Å². The summed E-state index contributed by atoms with van der Waals surface area (Å²) in [7, 11) is 5.96. The molecule has 0 aliphatic rings. The van der Waals surface area contributed by atoms with E-state index in [4.69, 9.17) is 0 Å². The van der Waals surface area contributed by atoms with E-state index in [1.54, 1.807) is 11.3 Å². The van der Waals surface area contributed by atoms with Gasteiger partial charge in [-0.1, -0.05) is 0 Å². The average molecular weight is 477 g/mol. The summed E-state index contributed by atoms with van der Waals surface area (Å²) in [6, 6.07) is 0. The number of hydrogen-bond acceptors (Lipinski definition) is 5. The molecule has 0 unspecified atom stereocenters. The molecule has 0 aromatic carbocycles. The molecule has 7 nitrogen and oxygen atoms in total. The standard InChI is InChI=1S/C16H27N7S.HI/c1-7-17-15(18-8-13-10-24-16(20-13)22(4)5)19-9-14-11(2)21-23(6)12(14)3;/h10H,7-9H2,1-6H3,(H2,17,18,19);1H. The minimum Gasteiger partial charge on any atom is -0.357 e. The van der Waals surface area contributed by atoms with E-state index in [0.717, 1.165) is 34.7 Å². The molecule has 2 aromatic rings. The highest BCUT2D eigenvalue weighted by Crippen LogP contribution is 2.17. The van der Waals surface area contributed by atoms with Crippen LogP contribution in [0.3, 0.4) is 0 Å². The Labute approximate surface area is 171 Å². The maximum absolute atomic E-state index is 4.68. The third-order valence-electron chi connectivity index (χ3n) is 3.76. The maximum atomic E-state index is 4.68. The molecular weight excluding hydrogens is 449 g/mol. The van der Waals surface area contributed by atoms with Gasteiger partial charge in [-0.3, -0.25) is 4.68 Å². The quantitative estimate of drug-likeness (QED) is 0.380. The summed E-state index contributed by atoms with van der Waals surface area (Å²) >= 11 is 1.64. The van der Waals surface area contributed by atoms with Crippen molar-refractivity contribution in [2.75, 3.05) is 25.5 Å². The summed E-state index contributed by atoms with van der Waals surface area (Å²) in [5.74, 6) is 0.791. The van der Waals surface area contributed by atoms with Gasteiger partial charge in [0, 0.05) is 44.3 Å². The minimum atomic E-state index is 0. The first kappa shape index (κ1) is 21.7. The molecule has 0 saturated heterocycles. The summed E-state index contributed by atoms with van der Waals surface area (Å²) in [6.07, 6.45) is 0. The molecule has 0 aliphatic heterocycles. The van der Waals surface area contributed by atoms with E-state index >= 15 is 0 Å². The highest BCUT2D eigenvalue weighted by Gasteiger charge is 2.09. The van der Waals surface area contributed by atoms with E-state index in [1.807, 2.05) is 37.6 Å². The molecule has 0 radical (unpaired) electrons. The van der Waals surface area contributed by atoms with Gasteiger partial charge >= 0.3 is 0 Å². The molecule has 0 spiro atoms. The Balaban J connectivity index is 0.00000312. The predicted molar refractivity (Wildman–Crippen MR) is 116 cm³/mol. The van der Waals surface area contributed by atoms with Gasteiger partial charge in [-0.2, -0.15) is 5.10 Å². The number of rotatable bonds is 6. The van der Waals surface area contributed by atoms with Gasteiger partial charge in [-0.05, 0) is 20.8 Å². The van der Waals surface area contributed by atoms with E-state index in [1.165, 1.54) is 5.56 Å². The second-order valence-electron chi connectivity index (χ2n) is 5.84. The lowest BCUT2D eigenvalue weighted by Gasteiger charge is -2.10. The number of nitrogens with one attached hydrogen (secondary N) is 2. The average Bonchev–Trinajstić information content (AvgIpc) is 3.09. The van der Waals surface area contributed by atoms with Gasteiger partial charge in [0.2, 0.25) is 0 Å². The van der Waals surface area contributed by atoms with Gasteiger partial charge in [0.1, 0.15) is 0 Å². The molecule has 9 heteroatoms. The molecule has 0 atom stereocenters. The number of hydrogen-bond donors (Lipinski definition) is 2. The first-order valence-corrected chi connectivity index (χ1v) is 8.93. The fourth-order valence-corrected chi connectivity index (χ4v) is 3.06. The number of aromatic nitrogens is 3. The molecule has 0 aliphatic carbocycles. The number of aliphatic imine (C=N–C) groups is 1. The Kier molecular flexibility index (Phi) is 8.63. The molecule has 0 fully saturated rings. The molecule has 140 valence electrons. The number of halogens is 1. The monoisotopic (exact) mass is 477 g/mol. The van der Waals surface area contributed by atoms with Crippen molar-refractivity contribution >= 4 is 46.4 Å². The lowest BCUT2D eigenvalue weighted by Crippen LogP contribution is -2.36. The number of nitrogens with zero attached hydrogens (tertiary/aromatic N) is 5. The van der Waals surface area contributed by atoms with Crippen LogP contribution in [0.25, 0.3) is 0 Å². The molecule has 2 N–H and O–H groups in total. The largest absolute Gasteiger partial charge is 0.357 e. The Morgan fingerprint density at radius 1 is 1.32 bits per heavy atom. The van der Waals surface area contributed by atoms with Crippen LogP contribution in [-0.4, -0.2) is 41.4 Å². The number of aryl methyl sites for hydroxylation is 2. The first-order valence-electron chi connectivity index (χ1n) is 8.05. The summed E-state index contributed by atoms with van der Waals surface area (Å²) in [5.41, 5.74) is 4.38. The normalized spacial score (nSPS) is 11.2. The lowest BCUT2D eigenvalue weighted by atomic mass is 10.2. The van der Waals surface area contributed by atoms with Gasteiger partial charge in [0.15, 0.2) is 11.1 Å². The zero-order chi connectivity index (χ0) is 17.7. The van der Waals surface area contributed by atoms with Crippen LogP contribution in [0.15, 0.2) is 10.4 Å². The molecule has 2 aromatic heterocycles. The van der Waals surface area contributed by atoms with E-state index < -0.39 is 0 Å². The maximum Gasteiger partial charge on any atom is 0.191 e. The van der Waals surface area contributed by atoms with E-state index in [-0.39, 0.29) is 24.0 Å². The van der Waals surface area contributed by atoms with Crippen molar-refractivity contribution in [1.82, 2.24) is 25.4 Å². The Hall–Kier alpha value is -1.36. The fourth-order valence-electron chi connectivity index (χ4n) is 2.30. The highest BCUT2D eigenvalue weighted by atomic mass is 127. The van der Waals surface area contributed by atoms with Crippen molar-refractivity contribution in [3.05, 3.63) is 28.0 Å². The third kappa shape index (κ3) is 5.84. The Morgan fingerprint density at radius 3 is 2.56 bits per heavy atom. The zero-order valence-electron chi connectivity index (χ0n) is 15.8. The van der Waals surface area contributed by atoms with Gasteiger partial charge in [0.05, 0.1) is 24.5 Å². The topological polar surface area (TPSA) is 70.4 Å². The first-order chi connectivity index (χ1) is 11.4. The van der Waals surface area contributed by atoms with Crippen molar-refractivity contribution in [3.63, 3.8) is 0 Å². The molecular formula is C16H28IN7S. The Bertz CT molecular complexity index is 705. The molecule has 0 bridgehead atoms. The van der Waals surface area contributed by atoms with Crippen molar-refractivity contribution in [2.24, 2.45) is 12.0 Å². The number of thiazole rings is 1. The molecule has 2 rings (SSSR count). The van der Waals surface area contributed by atoms with Crippen LogP contribution in [0.4, 0.5) is 5.13 Å². The number of guanidine groups is 1. The van der Waals surface area contributed by atoms with Gasteiger partial charge < -0.3 is 15.5 Å². The predicted octanol–water partition coefficient (Wildman–Crippen LogP) is 2.43. The van der Waals surface area contributed by atoms with Gasteiger partial charge in [-0.15, -0.1) is 35.3 Å². The van der Waals surface area contributed by atoms with E-state index in [9.17, 15) is 0 Å². The summed E-state index contributed by atoms with van der Waals surface area (Å²) in [6.45, 7) is 8.24. The summed E-state index contributed by atoms with van der Waals surface area (Å²) < 4.78 is 1.90. The summed E-state index contributed by atoms with van der Waals surface area (Å²) in [5, 5.41) is 14.1. The molecule has 0 amide bonds. The highest BCUT2D eigenvalue weighted by molar-refractivity contribution is 14.0. The van der Waals surface area contributed by atoms with Crippen LogP contribution in [0.2, 0.25) is 0 Å². The smallest absolute Gasteiger partial charge is 0.191 e. The SMILES string of the molecule is CCNC(=NCc1c(C)nn(C)c1C)NCc1csc(N(C)C)n1.I. The van der Waals surface area contributed by atoms with E-state index in [2.05, 4.69) is 44.9 Å². The second kappa shape index (κ2) is 9.95. The van der Waals surface area contributed by atoms with Crippen LogP contribution in [0.5, 0.6) is 0 Å². The van der Waals surface area contributed by atoms with Crippen molar-refractivity contribution in [1.29, 1.82) is 0 Å². The van der Waals surface area contributed by atoms with Crippen LogP contribution >= 0.6 is 35.3 Å². The van der Waals surface area contributed by atoms with Crippen LogP contribution < -0.4 is 15.5 Å². The van der Waals surface area contributed by atoms with Crippen LogP contribution in [0, 0.1) is 13.8 Å². The van der Waals surface area contributed by atoms with Crippen molar-refractivity contribution < 1.29 is 0 Å². The third-order valence-corrected chi connectivity index (χ3v) is 4.81. The molecule has 2 heterocycles. The van der Waals surface area contributed by atoms with Gasteiger partial charge in [-0.25, -0.2) is 9.98 Å². The fraction of sp³-hybridized carbons (Fsp3) is 0.562. The molecule has 0 saturated carbocycles. The lowest BCUT2D eigenvalue weighted by molar-refractivity contribution is 0.730. The second-order valence-corrected chi connectivity index (χ2v) is 6.67. The Morgan fingerprint density at radius 2 is 2.04 bits per heavy atom.